The van der Waals surface area contributed by atoms with Crippen LogP contribution >= 0.6 is 11.6 Å². The molecule has 100 valence electrons. The second-order valence-electron chi connectivity index (χ2n) is 6.36. The van der Waals surface area contributed by atoms with Gasteiger partial charge in [0.2, 0.25) is 0 Å². The Morgan fingerprint density at radius 1 is 1.18 bits per heavy atom. The summed E-state index contributed by atoms with van der Waals surface area (Å²) in [4.78, 5) is 0. The normalized spacial score (nSPS) is 13.7. The van der Waals surface area contributed by atoms with Crippen molar-refractivity contribution in [3.8, 4) is 0 Å². The molecule has 2 heteroatoms. The van der Waals surface area contributed by atoms with Crippen molar-refractivity contribution in [1.82, 2.24) is 0 Å². The fraction of sp³-hybridized carbons (Fsp3) is 0.733. The first-order valence-corrected chi connectivity index (χ1v) is 10.6. The molecule has 0 aliphatic rings. The van der Waals surface area contributed by atoms with Crippen molar-refractivity contribution in [2.45, 2.75) is 60.2 Å². The van der Waals surface area contributed by atoms with E-state index >= 15 is 0 Å². The van der Waals surface area contributed by atoms with Gasteiger partial charge in [0.1, 0.15) is 0 Å². The predicted molar refractivity (Wildman–Crippen MR) is 84.6 cm³/mol. The number of rotatable bonds is 6. The van der Waals surface area contributed by atoms with Gasteiger partial charge in [-0.3, -0.25) is 0 Å². The minimum Gasteiger partial charge on any atom is -0.122 e. The van der Waals surface area contributed by atoms with Crippen molar-refractivity contribution < 1.29 is 0 Å². The van der Waals surface area contributed by atoms with Crippen LogP contribution in [-0.4, -0.2) is 14.0 Å². The van der Waals surface area contributed by atoms with E-state index in [0.29, 0.717) is 5.92 Å². The molecule has 0 bridgehead atoms. The first kappa shape index (κ1) is 17.0. The van der Waals surface area contributed by atoms with Crippen molar-refractivity contribution in [3.63, 3.8) is 0 Å². The second kappa shape index (κ2) is 7.43. The summed E-state index contributed by atoms with van der Waals surface area (Å²) < 4.78 is 0. The van der Waals surface area contributed by atoms with Gasteiger partial charge in [0.05, 0.1) is 8.07 Å². The summed E-state index contributed by atoms with van der Waals surface area (Å²) in [6.07, 6.45) is 4.66. The fourth-order valence-electron chi connectivity index (χ4n) is 2.07. The van der Waals surface area contributed by atoms with Crippen LogP contribution in [0.3, 0.4) is 0 Å². The Balaban J connectivity index is 5.05. The summed E-state index contributed by atoms with van der Waals surface area (Å²) >= 11 is 6.19. The first-order valence-electron chi connectivity index (χ1n) is 6.61. The molecule has 0 fully saturated rings. The van der Waals surface area contributed by atoms with E-state index < -0.39 is 8.07 Å². The molecule has 0 rings (SSSR count). The Morgan fingerprint density at radius 2 is 1.71 bits per heavy atom. The molecule has 0 amide bonds. The number of hydrogen-bond donors (Lipinski definition) is 0. The van der Waals surface area contributed by atoms with E-state index in [1.807, 2.05) is 0 Å². The molecule has 0 saturated carbocycles. The van der Waals surface area contributed by atoms with Gasteiger partial charge in [-0.2, -0.15) is 0 Å². The molecular formula is C15H29ClSi. The average Bonchev–Trinajstić information content (AvgIpc) is 2.13. The Morgan fingerprint density at radius 3 is 2.00 bits per heavy atom. The number of hydrogen-bond acceptors (Lipinski definition) is 0. The molecule has 0 atom stereocenters. The molecule has 0 unspecified atom stereocenters. The quantitative estimate of drug-likeness (QED) is 0.326. The Bertz CT molecular complexity index is 289. The first-order chi connectivity index (χ1) is 7.70. The molecule has 0 saturated heterocycles. The molecule has 0 aromatic carbocycles. The summed E-state index contributed by atoms with van der Waals surface area (Å²) in [5, 5.41) is 1.57. The van der Waals surface area contributed by atoms with Gasteiger partial charge in [-0.05, 0) is 32.6 Å². The van der Waals surface area contributed by atoms with Crippen LogP contribution in [0.2, 0.25) is 19.6 Å². The van der Waals surface area contributed by atoms with Gasteiger partial charge in [0, 0.05) is 5.88 Å². The fourth-order valence-corrected chi connectivity index (χ4v) is 5.22. The van der Waals surface area contributed by atoms with Crippen molar-refractivity contribution >= 4 is 19.7 Å². The summed E-state index contributed by atoms with van der Waals surface area (Å²) in [7, 11) is -1.26. The van der Waals surface area contributed by atoms with Crippen molar-refractivity contribution in [3.05, 3.63) is 22.4 Å². The smallest absolute Gasteiger partial charge is 0.0739 e. The van der Waals surface area contributed by atoms with E-state index in [2.05, 4.69) is 53.4 Å². The van der Waals surface area contributed by atoms with Crippen molar-refractivity contribution in [1.29, 1.82) is 0 Å². The van der Waals surface area contributed by atoms with Crippen LogP contribution in [0.1, 0.15) is 40.5 Å². The number of alkyl halides is 1. The molecule has 0 nitrogen and oxygen atoms in total. The minimum absolute atomic E-state index is 0.626. The van der Waals surface area contributed by atoms with Crippen LogP contribution in [0.25, 0.3) is 0 Å². The second-order valence-corrected chi connectivity index (χ2v) is 11.7. The van der Waals surface area contributed by atoms with Gasteiger partial charge in [-0.15, -0.1) is 11.6 Å². The van der Waals surface area contributed by atoms with Crippen LogP contribution in [0.15, 0.2) is 22.4 Å². The van der Waals surface area contributed by atoms with Crippen LogP contribution in [0, 0.1) is 5.92 Å². The van der Waals surface area contributed by atoms with Gasteiger partial charge < -0.3 is 0 Å². The molecular weight excluding hydrogens is 244 g/mol. The lowest BCUT2D eigenvalue weighted by Crippen LogP contribution is -2.28. The van der Waals surface area contributed by atoms with Gasteiger partial charge in [-0.25, -0.2) is 0 Å². The lowest BCUT2D eigenvalue weighted by Gasteiger charge is -2.26. The number of halogens is 1. The SMILES string of the molecule is CC(C)=CCC/C(=C(\CCl)[Si](C)(C)C)C(C)C. The third-order valence-electron chi connectivity index (χ3n) is 3.09. The molecule has 0 aliphatic carbocycles. The lowest BCUT2D eigenvalue weighted by atomic mass is 9.97. The summed E-state index contributed by atoms with van der Waals surface area (Å²) in [6.45, 7) is 16.1. The lowest BCUT2D eigenvalue weighted by molar-refractivity contribution is 0.707. The summed E-state index contributed by atoms with van der Waals surface area (Å²) in [5.74, 6) is 1.35. The van der Waals surface area contributed by atoms with Crippen LogP contribution < -0.4 is 0 Å². The summed E-state index contributed by atoms with van der Waals surface area (Å²) in [5.41, 5.74) is 3.02. The highest BCUT2D eigenvalue weighted by atomic mass is 35.5. The monoisotopic (exact) mass is 272 g/mol. The molecule has 0 spiro atoms. The highest BCUT2D eigenvalue weighted by Gasteiger charge is 2.23. The standard InChI is InChI=1S/C15H29ClSi/c1-12(2)9-8-10-14(13(3)4)15(11-16)17(5,6)7/h9,13H,8,10-11H2,1-7H3/b15-14-. The third-order valence-corrected chi connectivity index (χ3v) is 5.89. The third kappa shape index (κ3) is 6.47. The van der Waals surface area contributed by atoms with E-state index in [1.165, 1.54) is 12.0 Å². The Hall–Kier alpha value is -0.0131. The number of allylic oxidation sites excluding steroid dienone is 4. The topological polar surface area (TPSA) is 0 Å². The zero-order chi connectivity index (χ0) is 13.6. The Kier molecular flexibility index (Phi) is 7.42. The molecule has 17 heavy (non-hydrogen) atoms. The molecule has 0 aromatic heterocycles. The predicted octanol–water partition coefficient (Wildman–Crippen LogP) is 5.80. The maximum atomic E-state index is 6.19. The van der Waals surface area contributed by atoms with Gasteiger partial charge in [0.15, 0.2) is 0 Å². The zero-order valence-corrected chi connectivity index (χ0v) is 14.4. The van der Waals surface area contributed by atoms with Crippen LogP contribution in [-0.2, 0) is 0 Å². The molecule has 0 heterocycles. The maximum absolute atomic E-state index is 6.19. The van der Waals surface area contributed by atoms with Crippen LogP contribution in [0.4, 0.5) is 0 Å². The molecule has 0 aliphatic heterocycles. The van der Waals surface area contributed by atoms with Gasteiger partial charge in [0.25, 0.3) is 0 Å². The highest BCUT2D eigenvalue weighted by molar-refractivity contribution is 6.84. The van der Waals surface area contributed by atoms with Crippen molar-refractivity contribution in [2.24, 2.45) is 5.92 Å². The minimum atomic E-state index is -1.26. The van der Waals surface area contributed by atoms with Gasteiger partial charge in [-0.1, -0.05) is 55.9 Å². The zero-order valence-electron chi connectivity index (χ0n) is 12.7. The van der Waals surface area contributed by atoms with Crippen LogP contribution in [0.5, 0.6) is 0 Å². The summed E-state index contributed by atoms with van der Waals surface area (Å²) in [6, 6.07) is 0. The van der Waals surface area contributed by atoms with E-state index in [4.69, 9.17) is 11.6 Å². The van der Waals surface area contributed by atoms with E-state index in [9.17, 15) is 0 Å². The van der Waals surface area contributed by atoms with E-state index in [-0.39, 0.29) is 0 Å². The molecule has 0 radical (unpaired) electrons. The average molecular weight is 273 g/mol. The van der Waals surface area contributed by atoms with E-state index in [1.54, 1.807) is 10.8 Å². The van der Waals surface area contributed by atoms with Crippen molar-refractivity contribution in [2.75, 3.05) is 5.88 Å². The largest absolute Gasteiger partial charge is 0.122 e. The molecule has 0 N–H and O–H groups in total. The Labute approximate surface area is 114 Å². The maximum Gasteiger partial charge on any atom is 0.0739 e. The highest BCUT2D eigenvalue weighted by Crippen LogP contribution is 2.28. The van der Waals surface area contributed by atoms with Gasteiger partial charge >= 0.3 is 0 Å². The molecule has 0 aromatic rings. The van der Waals surface area contributed by atoms with E-state index in [0.717, 1.165) is 12.3 Å².